The van der Waals surface area contributed by atoms with Crippen molar-refractivity contribution in [3.8, 4) is 0 Å². The molecule has 4 fully saturated rings. The zero-order valence-electron chi connectivity index (χ0n) is 17.4. The normalized spacial score (nSPS) is 31.5. The van der Waals surface area contributed by atoms with Gasteiger partial charge in [-0.25, -0.2) is 0 Å². The molecule has 34 heavy (non-hydrogen) atoms. The monoisotopic (exact) mass is 525 g/mol. The minimum atomic E-state index is -8.02. The molecule has 2 nitrogen and oxygen atoms in total. The van der Waals surface area contributed by atoms with Gasteiger partial charge in [0.15, 0.2) is 0 Å². The first-order chi connectivity index (χ1) is 15.0. The highest BCUT2D eigenvalue weighted by Crippen LogP contribution is 2.62. The molecule has 0 aliphatic heterocycles. The van der Waals surface area contributed by atoms with E-state index in [1.165, 1.54) is 5.32 Å². The van der Waals surface area contributed by atoms with Crippen molar-refractivity contribution >= 4 is 5.91 Å². The van der Waals surface area contributed by atoms with Crippen molar-refractivity contribution in [1.82, 2.24) is 5.32 Å². The zero-order chi connectivity index (χ0) is 26.3. The number of alkyl halides is 13. The van der Waals surface area contributed by atoms with Crippen LogP contribution in [0.3, 0.4) is 0 Å². The van der Waals surface area contributed by atoms with Gasteiger partial charge in [0.1, 0.15) is 0 Å². The van der Waals surface area contributed by atoms with E-state index >= 15 is 0 Å². The van der Waals surface area contributed by atoms with Crippen molar-refractivity contribution in [3.05, 3.63) is 0 Å². The first-order valence-electron chi connectivity index (χ1n) is 10.3. The number of nitrogens with one attached hydrogen (secondary N) is 1. The van der Waals surface area contributed by atoms with Crippen molar-refractivity contribution in [1.29, 1.82) is 0 Å². The van der Waals surface area contributed by atoms with E-state index in [1.54, 1.807) is 0 Å². The van der Waals surface area contributed by atoms with E-state index in [0.29, 0.717) is 19.3 Å². The standard InChI is InChI=1S/C19H20F13NO/c1-8(13-5-9-2-10(6-13)4-11(3-9)7-13)33-12(34)14(20,21)15(22,23)16(24,25)17(26,27)18(28,29)19(30,31)32/h8-11H,2-7H2,1H3,(H,33,34)/t8-,9?,10?,11?,13?/m0/s1. The van der Waals surface area contributed by atoms with Gasteiger partial charge in [0.25, 0.3) is 5.91 Å². The molecule has 15 heteroatoms. The van der Waals surface area contributed by atoms with Crippen LogP contribution in [0, 0.1) is 23.2 Å². The molecule has 0 aromatic rings. The molecule has 0 radical (unpaired) electrons. The predicted octanol–water partition coefficient (Wildman–Crippen LogP) is 6.45. The second-order valence-electron chi connectivity index (χ2n) is 9.84. The highest BCUT2D eigenvalue weighted by atomic mass is 19.4. The fourth-order valence-electron chi connectivity index (χ4n) is 6.06. The average molecular weight is 525 g/mol. The smallest absolute Gasteiger partial charge is 0.348 e. The third-order valence-electron chi connectivity index (χ3n) is 7.57. The minimum Gasteiger partial charge on any atom is -0.348 e. The molecule has 0 saturated heterocycles. The third kappa shape index (κ3) is 3.56. The van der Waals surface area contributed by atoms with Gasteiger partial charge in [-0.2, -0.15) is 57.1 Å². The highest BCUT2D eigenvalue weighted by Gasteiger charge is 2.91. The van der Waals surface area contributed by atoms with Crippen LogP contribution in [0.1, 0.15) is 45.4 Å². The summed E-state index contributed by atoms with van der Waals surface area (Å²) in [5.74, 6) is -40.8. The van der Waals surface area contributed by atoms with Crippen molar-refractivity contribution in [2.45, 2.75) is 87.3 Å². The topological polar surface area (TPSA) is 29.1 Å². The van der Waals surface area contributed by atoms with Crippen LogP contribution >= 0.6 is 0 Å². The van der Waals surface area contributed by atoms with Gasteiger partial charge in [0.2, 0.25) is 0 Å². The van der Waals surface area contributed by atoms with Crippen LogP contribution in [-0.2, 0) is 4.79 Å². The van der Waals surface area contributed by atoms with E-state index in [1.807, 2.05) is 0 Å². The average Bonchev–Trinajstić information content (AvgIpc) is 2.65. The van der Waals surface area contributed by atoms with Gasteiger partial charge < -0.3 is 5.32 Å². The van der Waals surface area contributed by atoms with E-state index < -0.39 is 53.2 Å². The molecule has 0 aromatic carbocycles. The minimum absolute atomic E-state index is 0.167. The summed E-state index contributed by atoms with van der Waals surface area (Å²) in [6.45, 7) is 1.14. The van der Waals surface area contributed by atoms with Gasteiger partial charge in [0.05, 0.1) is 0 Å². The SMILES string of the molecule is C[C@H](NC(=O)C(F)(F)C(F)(F)C(F)(F)C(F)(F)C(F)(F)C(F)(F)F)C12CC3CC(CC(C3)C1)C2. The van der Waals surface area contributed by atoms with Gasteiger partial charge in [-0.05, 0) is 68.6 Å². The fraction of sp³-hybridized carbons (Fsp3) is 0.947. The van der Waals surface area contributed by atoms with Gasteiger partial charge >= 0.3 is 35.8 Å². The molecule has 198 valence electrons. The lowest BCUT2D eigenvalue weighted by atomic mass is 9.48. The number of halogens is 13. The molecule has 4 saturated carbocycles. The summed E-state index contributed by atoms with van der Waals surface area (Å²) in [5, 5.41) is 1.42. The first-order valence-corrected chi connectivity index (χ1v) is 10.3. The molecular weight excluding hydrogens is 505 g/mol. The summed E-state index contributed by atoms with van der Waals surface area (Å²) >= 11 is 0. The Hall–Kier alpha value is -1.44. The van der Waals surface area contributed by atoms with Crippen LogP contribution in [0.4, 0.5) is 57.1 Å². The van der Waals surface area contributed by atoms with E-state index in [2.05, 4.69) is 0 Å². The van der Waals surface area contributed by atoms with Gasteiger partial charge in [-0.15, -0.1) is 0 Å². The van der Waals surface area contributed by atoms with Crippen molar-refractivity contribution < 1.29 is 61.9 Å². The Morgan fingerprint density at radius 2 is 1.03 bits per heavy atom. The maximum absolute atomic E-state index is 14.1. The molecule has 4 rings (SSSR count). The second kappa shape index (κ2) is 7.53. The molecule has 0 unspecified atom stereocenters. The Kier molecular flexibility index (Phi) is 6.01. The van der Waals surface area contributed by atoms with Crippen molar-refractivity contribution in [2.24, 2.45) is 23.2 Å². The Balaban J connectivity index is 1.85. The quantitative estimate of drug-likeness (QED) is 0.381. The molecule has 0 heterocycles. The summed E-state index contributed by atoms with van der Waals surface area (Å²) in [6.07, 6.45) is -3.74. The lowest BCUT2D eigenvalue weighted by molar-refractivity contribution is -0.436. The van der Waals surface area contributed by atoms with Gasteiger partial charge in [0, 0.05) is 6.04 Å². The van der Waals surface area contributed by atoms with Crippen LogP contribution in [0.2, 0.25) is 0 Å². The summed E-state index contributed by atoms with van der Waals surface area (Å²) < 4.78 is 173. The fourth-order valence-corrected chi connectivity index (χ4v) is 6.06. The molecule has 4 bridgehead atoms. The van der Waals surface area contributed by atoms with E-state index in [0.717, 1.165) is 26.2 Å². The van der Waals surface area contributed by atoms with E-state index in [4.69, 9.17) is 0 Å². The Bertz CT molecular complexity index is 784. The lowest BCUT2D eigenvalue weighted by Crippen LogP contribution is -2.72. The van der Waals surface area contributed by atoms with Crippen LogP contribution in [-0.4, -0.2) is 47.7 Å². The third-order valence-corrected chi connectivity index (χ3v) is 7.57. The lowest BCUT2D eigenvalue weighted by Gasteiger charge is -2.59. The summed E-state index contributed by atoms with van der Waals surface area (Å²) in [5.41, 5.74) is -0.842. The molecule has 0 spiro atoms. The largest absolute Gasteiger partial charge is 0.460 e. The zero-order valence-corrected chi connectivity index (χ0v) is 17.4. The molecule has 4 aliphatic rings. The van der Waals surface area contributed by atoms with Crippen molar-refractivity contribution in [3.63, 3.8) is 0 Å². The first kappa shape index (κ1) is 27.2. The van der Waals surface area contributed by atoms with Crippen LogP contribution in [0.25, 0.3) is 0 Å². The van der Waals surface area contributed by atoms with E-state index in [9.17, 15) is 61.9 Å². The van der Waals surface area contributed by atoms with Crippen molar-refractivity contribution in [2.75, 3.05) is 0 Å². The summed E-state index contributed by atoms with van der Waals surface area (Å²) in [4.78, 5) is 11.9. The maximum Gasteiger partial charge on any atom is 0.460 e. The van der Waals surface area contributed by atoms with Crippen LogP contribution in [0.15, 0.2) is 0 Å². The molecule has 1 amide bonds. The Labute approximate surface area is 184 Å². The Morgan fingerprint density at radius 3 is 1.38 bits per heavy atom. The number of rotatable bonds is 7. The predicted molar refractivity (Wildman–Crippen MR) is 89.0 cm³/mol. The number of carbonyl (C=O) groups excluding carboxylic acids is 1. The van der Waals surface area contributed by atoms with Crippen LogP contribution in [0.5, 0.6) is 0 Å². The van der Waals surface area contributed by atoms with Crippen LogP contribution < -0.4 is 5.32 Å². The molecule has 1 N–H and O–H groups in total. The van der Waals surface area contributed by atoms with Gasteiger partial charge in [-0.1, -0.05) is 0 Å². The summed E-state index contributed by atoms with van der Waals surface area (Å²) in [6, 6.07) is -1.30. The molecule has 1 atom stereocenters. The number of hydrogen-bond donors (Lipinski definition) is 1. The number of amides is 1. The number of hydrogen-bond acceptors (Lipinski definition) is 1. The maximum atomic E-state index is 14.1. The van der Waals surface area contributed by atoms with Gasteiger partial charge in [-0.3, -0.25) is 4.79 Å². The number of carbonyl (C=O) groups is 1. The Morgan fingerprint density at radius 1 is 0.676 bits per heavy atom. The highest BCUT2D eigenvalue weighted by molar-refractivity contribution is 5.85. The second-order valence-corrected chi connectivity index (χ2v) is 9.84. The van der Waals surface area contributed by atoms with E-state index in [-0.39, 0.29) is 17.8 Å². The molecule has 4 aliphatic carbocycles. The molecular formula is C19H20F13NO. The molecule has 0 aromatic heterocycles. The summed E-state index contributed by atoms with van der Waals surface area (Å²) in [7, 11) is 0.